The molecular weight excluding hydrogens is 392 g/mol. The van der Waals surface area contributed by atoms with Gasteiger partial charge in [-0.05, 0) is 30.7 Å². The summed E-state index contributed by atoms with van der Waals surface area (Å²) in [6.45, 7) is 1.17. The molecule has 0 spiro atoms. The molecular formula is C23H21F2NO2S. The molecule has 0 aliphatic carbocycles. The Labute approximate surface area is 172 Å². The molecule has 0 fully saturated rings. The quantitative estimate of drug-likeness (QED) is 0.546. The number of hydrogen-bond donors (Lipinski definition) is 2. The summed E-state index contributed by atoms with van der Waals surface area (Å²) in [6.07, 6.45) is 0. The summed E-state index contributed by atoms with van der Waals surface area (Å²) in [7, 11) is 0. The van der Waals surface area contributed by atoms with Crippen LogP contribution in [0.2, 0.25) is 0 Å². The Morgan fingerprint density at radius 1 is 1.03 bits per heavy atom. The molecule has 0 aromatic heterocycles. The van der Waals surface area contributed by atoms with E-state index < -0.39 is 22.5 Å². The van der Waals surface area contributed by atoms with Gasteiger partial charge in [0.15, 0.2) is 0 Å². The third-order valence-electron chi connectivity index (χ3n) is 4.46. The Morgan fingerprint density at radius 3 is 2.28 bits per heavy atom. The lowest BCUT2D eigenvalue weighted by Crippen LogP contribution is -2.40. The molecule has 0 heterocycles. The van der Waals surface area contributed by atoms with Gasteiger partial charge in [-0.25, -0.2) is 8.78 Å². The van der Waals surface area contributed by atoms with Gasteiger partial charge in [-0.2, -0.15) is 0 Å². The van der Waals surface area contributed by atoms with Crippen LogP contribution in [0, 0.1) is 11.6 Å². The van der Waals surface area contributed by atoms with Crippen molar-refractivity contribution in [3.63, 3.8) is 0 Å². The van der Waals surface area contributed by atoms with E-state index in [-0.39, 0.29) is 18.0 Å². The fourth-order valence-electron chi connectivity index (χ4n) is 2.91. The lowest BCUT2D eigenvalue weighted by atomic mass is 9.95. The van der Waals surface area contributed by atoms with E-state index in [1.165, 1.54) is 24.8 Å². The van der Waals surface area contributed by atoms with Crippen molar-refractivity contribution < 1.29 is 18.7 Å². The molecule has 0 bridgehead atoms. The zero-order valence-corrected chi connectivity index (χ0v) is 16.6. The minimum absolute atomic E-state index is 0.0776. The molecule has 29 heavy (non-hydrogen) atoms. The monoisotopic (exact) mass is 413 g/mol. The molecule has 2 atom stereocenters. The third-order valence-corrected chi connectivity index (χ3v) is 5.72. The number of aliphatic hydroxyl groups is 1. The number of amides is 1. The molecule has 0 aliphatic heterocycles. The number of carbonyl (C=O) groups excluding carboxylic acids is 1. The maximum Gasteiger partial charge on any atom is 0.238 e. The van der Waals surface area contributed by atoms with E-state index in [1.807, 2.05) is 60.7 Å². The van der Waals surface area contributed by atoms with Crippen molar-refractivity contribution in [1.29, 1.82) is 0 Å². The fraction of sp³-hybridized carbons (Fsp3) is 0.174. The van der Waals surface area contributed by atoms with E-state index in [4.69, 9.17) is 0 Å². The topological polar surface area (TPSA) is 49.3 Å². The molecule has 0 saturated carbocycles. The van der Waals surface area contributed by atoms with Gasteiger partial charge in [-0.1, -0.05) is 54.6 Å². The molecule has 2 unspecified atom stereocenters. The maximum absolute atomic E-state index is 14.1. The molecule has 3 rings (SSSR count). The van der Waals surface area contributed by atoms with E-state index in [2.05, 4.69) is 5.32 Å². The molecule has 2 N–H and O–H groups in total. The summed E-state index contributed by atoms with van der Waals surface area (Å²) in [5.41, 5.74) is -0.954. The summed E-state index contributed by atoms with van der Waals surface area (Å²) in [5.74, 6) is -1.90. The number of carbonyl (C=O) groups is 1. The van der Waals surface area contributed by atoms with Crippen LogP contribution in [0.25, 0.3) is 0 Å². The van der Waals surface area contributed by atoms with Gasteiger partial charge in [-0.3, -0.25) is 4.79 Å². The largest absolute Gasteiger partial charge is 0.383 e. The Bertz CT molecular complexity index is 965. The van der Waals surface area contributed by atoms with Crippen LogP contribution in [0.1, 0.15) is 23.3 Å². The van der Waals surface area contributed by atoms with Gasteiger partial charge >= 0.3 is 0 Å². The highest BCUT2D eigenvalue weighted by Crippen LogP contribution is 2.35. The number of nitrogens with one attached hydrogen (secondary N) is 1. The van der Waals surface area contributed by atoms with Crippen LogP contribution in [-0.2, 0) is 10.4 Å². The number of benzene rings is 3. The standard InChI is InChI=1S/C23H21F2NO2S/c1-23(28,19-13-12-17(24)14-20(19)25)15-26-22(27)21(16-8-4-2-5-9-16)29-18-10-6-3-7-11-18/h2-14,21,28H,15H2,1H3,(H,26,27). The van der Waals surface area contributed by atoms with Gasteiger partial charge in [0.05, 0.1) is 6.54 Å². The van der Waals surface area contributed by atoms with Crippen LogP contribution >= 0.6 is 11.8 Å². The zero-order valence-electron chi connectivity index (χ0n) is 15.8. The van der Waals surface area contributed by atoms with Gasteiger partial charge in [0.1, 0.15) is 22.5 Å². The first-order valence-corrected chi connectivity index (χ1v) is 9.97. The van der Waals surface area contributed by atoms with Gasteiger partial charge in [-0.15, -0.1) is 11.8 Å². The summed E-state index contributed by atoms with van der Waals surface area (Å²) >= 11 is 1.38. The summed E-state index contributed by atoms with van der Waals surface area (Å²) in [5, 5.41) is 12.8. The molecule has 1 amide bonds. The predicted molar refractivity (Wildman–Crippen MR) is 110 cm³/mol. The lowest BCUT2D eigenvalue weighted by molar-refractivity contribution is -0.121. The average Bonchev–Trinajstić information content (AvgIpc) is 2.71. The van der Waals surface area contributed by atoms with Crippen molar-refractivity contribution >= 4 is 17.7 Å². The van der Waals surface area contributed by atoms with E-state index in [0.29, 0.717) is 6.07 Å². The van der Waals surface area contributed by atoms with Crippen molar-refractivity contribution in [2.24, 2.45) is 0 Å². The van der Waals surface area contributed by atoms with Crippen molar-refractivity contribution in [2.45, 2.75) is 22.7 Å². The average molecular weight is 413 g/mol. The second-order valence-corrected chi connectivity index (χ2v) is 8.02. The van der Waals surface area contributed by atoms with Crippen molar-refractivity contribution in [1.82, 2.24) is 5.32 Å². The SMILES string of the molecule is CC(O)(CNC(=O)C(Sc1ccccc1)c1ccccc1)c1ccc(F)cc1F. The fourth-order valence-corrected chi connectivity index (χ4v) is 3.98. The number of hydrogen-bond acceptors (Lipinski definition) is 3. The van der Waals surface area contributed by atoms with Crippen LogP contribution in [0.5, 0.6) is 0 Å². The molecule has 6 heteroatoms. The molecule has 3 aromatic carbocycles. The molecule has 3 aromatic rings. The Balaban J connectivity index is 1.77. The van der Waals surface area contributed by atoms with E-state index in [1.54, 1.807) is 0 Å². The smallest absolute Gasteiger partial charge is 0.238 e. The zero-order chi connectivity index (χ0) is 20.9. The highest BCUT2D eigenvalue weighted by atomic mass is 32.2. The van der Waals surface area contributed by atoms with Crippen LogP contribution in [0.4, 0.5) is 8.78 Å². The first kappa shape index (κ1) is 21.0. The predicted octanol–water partition coefficient (Wildman–Crippen LogP) is 4.82. The van der Waals surface area contributed by atoms with Gasteiger partial charge < -0.3 is 10.4 Å². The van der Waals surface area contributed by atoms with Gasteiger partial charge in [0.2, 0.25) is 5.91 Å². The van der Waals surface area contributed by atoms with Crippen LogP contribution in [0.15, 0.2) is 83.8 Å². The lowest BCUT2D eigenvalue weighted by Gasteiger charge is -2.26. The number of rotatable bonds is 7. The van der Waals surface area contributed by atoms with E-state index in [0.717, 1.165) is 16.5 Å². The Kier molecular flexibility index (Phi) is 6.67. The van der Waals surface area contributed by atoms with E-state index in [9.17, 15) is 18.7 Å². The highest BCUT2D eigenvalue weighted by Gasteiger charge is 2.29. The Morgan fingerprint density at radius 2 is 1.66 bits per heavy atom. The minimum Gasteiger partial charge on any atom is -0.383 e. The molecule has 3 nitrogen and oxygen atoms in total. The molecule has 0 saturated heterocycles. The van der Waals surface area contributed by atoms with E-state index >= 15 is 0 Å². The summed E-state index contributed by atoms with van der Waals surface area (Å²) in [6, 6.07) is 21.8. The summed E-state index contributed by atoms with van der Waals surface area (Å²) in [4.78, 5) is 13.9. The number of halogens is 2. The van der Waals surface area contributed by atoms with Crippen LogP contribution in [-0.4, -0.2) is 17.6 Å². The third kappa shape index (κ3) is 5.43. The van der Waals surface area contributed by atoms with Crippen molar-refractivity contribution in [3.05, 3.63) is 102 Å². The van der Waals surface area contributed by atoms with Crippen molar-refractivity contribution in [2.75, 3.05) is 6.54 Å². The Hall–Kier alpha value is -2.70. The first-order chi connectivity index (χ1) is 13.9. The summed E-state index contributed by atoms with van der Waals surface area (Å²) < 4.78 is 27.2. The van der Waals surface area contributed by atoms with Crippen LogP contribution < -0.4 is 5.32 Å². The van der Waals surface area contributed by atoms with Crippen LogP contribution in [0.3, 0.4) is 0 Å². The molecule has 0 aliphatic rings. The molecule has 0 radical (unpaired) electrons. The van der Waals surface area contributed by atoms with Gasteiger partial charge in [0.25, 0.3) is 0 Å². The van der Waals surface area contributed by atoms with Gasteiger partial charge in [0, 0.05) is 16.5 Å². The van der Waals surface area contributed by atoms with Crippen molar-refractivity contribution in [3.8, 4) is 0 Å². The first-order valence-electron chi connectivity index (χ1n) is 9.09. The number of thioether (sulfide) groups is 1. The molecule has 150 valence electrons. The maximum atomic E-state index is 14.1. The normalized spacial score (nSPS) is 14.1. The highest BCUT2D eigenvalue weighted by molar-refractivity contribution is 8.00. The second-order valence-electron chi connectivity index (χ2n) is 6.84. The second kappa shape index (κ2) is 9.20. The minimum atomic E-state index is -1.69.